The molecule has 3 aromatic rings. The topological polar surface area (TPSA) is 102 Å². The molecule has 0 spiro atoms. The fraction of sp³-hybridized carbons (Fsp3) is 0.143. The lowest BCUT2D eigenvalue weighted by molar-refractivity contribution is 0.597. The van der Waals surface area contributed by atoms with Gasteiger partial charge in [-0.25, -0.2) is 23.5 Å². The van der Waals surface area contributed by atoms with Gasteiger partial charge in [0.25, 0.3) is 0 Å². The van der Waals surface area contributed by atoms with E-state index in [1.165, 1.54) is 6.33 Å². The fourth-order valence-electron chi connectivity index (χ4n) is 2.19. The van der Waals surface area contributed by atoms with E-state index in [1.54, 1.807) is 0 Å². The molecule has 3 N–H and O–H groups in total. The van der Waals surface area contributed by atoms with Gasteiger partial charge in [0, 0.05) is 17.1 Å². The van der Waals surface area contributed by atoms with Gasteiger partial charge >= 0.3 is 0 Å². The minimum absolute atomic E-state index is 0.0537. The molecule has 0 unspecified atom stereocenters. The lowest BCUT2D eigenvalue weighted by Crippen LogP contribution is -2.17. The normalized spacial score (nSPS) is 11.9. The molecule has 0 aliphatic carbocycles. The summed E-state index contributed by atoms with van der Waals surface area (Å²) in [7, 11) is -3.43. The molecule has 0 saturated carbocycles. The zero-order valence-electron chi connectivity index (χ0n) is 11.2. The van der Waals surface area contributed by atoms with E-state index in [0.29, 0.717) is 6.42 Å². The van der Waals surface area contributed by atoms with Crippen molar-refractivity contribution >= 4 is 21.1 Å². The molecule has 0 atom stereocenters. The molecule has 3 rings (SSSR count). The Morgan fingerprint density at radius 1 is 1.10 bits per heavy atom. The number of hydrogen-bond acceptors (Lipinski definition) is 4. The Hall–Kier alpha value is -2.25. The van der Waals surface area contributed by atoms with Crippen LogP contribution in [0, 0.1) is 0 Å². The summed E-state index contributed by atoms with van der Waals surface area (Å²) in [4.78, 5) is 11.5. The maximum absolute atomic E-state index is 11.0. The van der Waals surface area contributed by atoms with Crippen LogP contribution in [0.3, 0.4) is 0 Å². The third-order valence-electron chi connectivity index (χ3n) is 3.26. The molecule has 0 radical (unpaired) electrons. The minimum Gasteiger partial charge on any atom is -0.346 e. The molecule has 0 aliphatic heterocycles. The van der Waals surface area contributed by atoms with Crippen molar-refractivity contribution in [2.24, 2.45) is 5.14 Å². The van der Waals surface area contributed by atoms with Crippen LogP contribution in [0.25, 0.3) is 22.3 Å². The number of H-pyrrole nitrogens is 1. The molecule has 2 heterocycles. The third-order valence-corrected chi connectivity index (χ3v) is 4.03. The number of benzene rings is 1. The number of nitrogens with two attached hydrogens (primary N) is 1. The molecule has 2 aromatic heterocycles. The summed E-state index contributed by atoms with van der Waals surface area (Å²) in [6.07, 6.45) is 3.74. The molecule has 6 nitrogen and oxygen atoms in total. The Labute approximate surface area is 122 Å². The fourth-order valence-corrected chi connectivity index (χ4v) is 2.71. The molecule has 0 aliphatic rings. The number of primary sulfonamides is 1. The SMILES string of the molecule is NS(=O)(=O)CCc1ccc(-c2ncnc3[nH]ccc23)cc1. The van der Waals surface area contributed by atoms with Gasteiger partial charge < -0.3 is 4.98 Å². The van der Waals surface area contributed by atoms with Crippen molar-refractivity contribution in [2.45, 2.75) is 6.42 Å². The molecular formula is C14H14N4O2S. The summed E-state index contributed by atoms with van der Waals surface area (Å²) in [6.45, 7) is 0. The van der Waals surface area contributed by atoms with Crippen molar-refractivity contribution in [2.75, 3.05) is 5.75 Å². The van der Waals surface area contributed by atoms with Gasteiger partial charge in [-0.15, -0.1) is 0 Å². The molecule has 21 heavy (non-hydrogen) atoms. The van der Waals surface area contributed by atoms with Gasteiger partial charge in [0.05, 0.1) is 11.4 Å². The summed E-state index contributed by atoms with van der Waals surface area (Å²) in [5, 5.41) is 5.96. The van der Waals surface area contributed by atoms with E-state index in [9.17, 15) is 8.42 Å². The van der Waals surface area contributed by atoms with Crippen LogP contribution in [-0.2, 0) is 16.4 Å². The number of hydrogen-bond donors (Lipinski definition) is 2. The van der Waals surface area contributed by atoms with Gasteiger partial charge in [-0.05, 0) is 18.1 Å². The number of aryl methyl sites for hydroxylation is 1. The highest BCUT2D eigenvalue weighted by molar-refractivity contribution is 7.89. The number of fused-ring (bicyclic) bond motifs is 1. The Bertz CT molecular complexity index is 869. The van der Waals surface area contributed by atoms with Crippen molar-refractivity contribution in [3.8, 4) is 11.3 Å². The first-order chi connectivity index (χ1) is 10.0. The number of sulfonamides is 1. The Morgan fingerprint density at radius 3 is 2.57 bits per heavy atom. The van der Waals surface area contributed by atoms with Crippen molar-refractivity contribution in [1.29, 1.82) is 0 Å². The van der Waals surface area contributed by atoms with Crippen molar-refractivity contribution < 1.29 is 8.42 Å². The molecule has 0 amide bonds. The number of nitrogens with zero attached hydrogens (tertiary/aromatic N) is 2. The zero-order valence-corrected chi connectivity index (χ0v) is 12.0. The predicted molar refractivity (Wildman–Crippen MR) is 81.0 cm³/mol. The lowest BCUT2D eigenvalue weighted by atomic mass is 10.1. The summed E-state index contributed by atoms with van der Waals surface area (Å²) >= 11 is 0. The first-order valence-electron chi connectivity index (χ1n) is 6.41. The van der Waals surface area contributed by atoms with E-state index >= 15 is 0 Å². The third kappa shape index (κ3) is 3.09. The van der Waals surface area contributed by atoms with E-state index in [2.05, 4.69) is 15.0 Å². The quantitative estimate of drug-likeness (QED) is 0.761. The molecule has 0 fully saturated rings. The van der Waals surface area contributed by atoms with Gasteiger partial charge in [-0.3, -0.25) is 0 Å². The van der Waals surface area contributed by atoms with Crippen molar-refractivity contribution in [1.82, 2.24) is 15.0 Å². The number of aromatic nitrogens is 3. The lowest BCUT2D eigenvalue weighted by Gasteiger charge is -2.04. The van der Waals surface area contributed by atoms with Gasteiger partial charge in [0.1, 0.15) is 12.0 Å². The van der Waals surface area contributed by atoms with Gasteiger partial charge in [-0.1, -0.05) is 24.3 Å². The Morgan fingerprint density at radius 2 is 1.86 bits per heavy atom. The maximum atomic E-state index is 11.0. The smallest absolute Gasteiger partial charge is 0.209 e. The first-order valence-corrected chi connectivity index (χ1v) is 8.12. The minimum atomic E-state index is -3.43. The number of aromatic amines is 1. The van der Waals surface area contributed by atoms with E-state index in [-0.39, 0.29) is 5.75 Å². The van der Waals surface area contributed by atoms with Gasteiger partial charge in [0.15, 0.2) is 0 Å². The predicted octanol–water partition coefficient (Wildman–Crippen LogP) is 1.46. The van der Waals surface area contributed by atoms with Crippen LogP contribution >= 0.6 is 0 Å². The van der Waals surface area contributed by atoms with Crippen molar-refractivity contribution in [3.63, 3.8) is 0 Å². The second kappa shape index (κ2) is 5.27. The van der Waals surface area contributed by atoms with Crippen molar-refractivity contribution in [3.05, 3.63) is 48.4 Å². The largest absolute Gasteiger partial charge is 0.346 e. The summed E-state index contributed by atoms with van der Waals surface area (Å²) in [5.41, 5.74) is 3.52. The summed E-state index contributed by atoms with van der Waals surface area (Å²) < 4.78 is 21.9. The van der Waals surface area contributed by atoms with Crippen LogP contribution in [0.4, 0.5) is 0 Å². The van der Waals surface area contributed by atoms with Crippen LogP contribution in [0.2, 0.25) is 0 Å². The standard InChI is InChI=1S/C14H14N4O2S/c15-21(19,20)8-6-10-1-3-11(4-2-10)13-12-5-7-16-14(12)18-9-17-13/h1-5,7,9H,6,8H2,(H2,15,19,20)(H,16,17,18). The van der Waals surface area contributed by atoms with Crippen LogP contribution in [0.1, 0.15) is 5.56 Å². The highest BCUT2D eigenvalue weighted by Gasteiger charge is 2.08. The molecule has 7 heteroatoms. The zero-order chi connectivity index (χ0) is 14.9. The Kier molecular flexibility index (Phi) is 3.44. The average molecular weight is 302 g/mol. The van der Waals surface area contributed by atoms with E-state index in [4.69, 9.17) is 5.14 Å². The first kappa shape index (κ1) is 13.7. The Balaban J connectivity index is 1.89. The van der Waals surface area contributed by atoms with E-state index < -0.39 is 10.0 Å². The van der Waals surface area contributed by atoms with Crippen LogP contribution in [-0.4, -0.2) is 29.1 Å². The second-order valence-corrected chi connectivity index (χ2v) is 6.51. The van der Waals surface area contributed by atoms with Gasteiger partial charge in [0.2, 0.25) is 10.0 Å². The average Bonchev–Trinajstić information content (AvgIpc) is 2.93. The monoisotopic (exact) mass is 302 g/mol. The number of rotatable bonds is 4. The second-order valence-electron chi connectivity index (χ2n) is 4.78. The molecule has 1 aromatic carbocycles. The summed E-state index contributed by atoms with van der Waals surface area (Å²) in [5.74, 6) is -0.0537. The highest BCUT2D eigenvalue weighted by Crippen LogP contribution is 2.24. The highest BCUT2D eigenvalue weighted by atomic mass is 32.2. The van der Waals surface area contributed by atoms with E-state index in [1.807, 2.05) is 36.5 Å². The van der Waals surface area contributed by atoms with Gasteiger partial charge in [-0.2, -0.15) is 0 Å². The molecule has 0 bridgehead atoms. The molecular weight excluding hydrogens is 288 g/mol. The summed E-state index contributed by atoms with van der Waals surface area (Å²) in [6, 6.07) is 9.56. The number of nitrogens with one attached hydrogen (secondary N) is 1. The van der Waals surface area contributed by atoms with E-state index in [0.717, 1.165) is 27.9 Å². The van der Waals surface area contributed by atoms with Crippen LogP contribution in [0.5, 0.6) is 0 Å². The molecule has 108 valence electrons. The molecule has 0 saturated heterocycles. The van der Waals surface area contributed by atoms with Crippen LogP contribution < -0.4 is 5.14 Å². The van der Waals surface area contributed by atoms with Crippen LogP contribution in [0.15, 0.2) is 42.9 Å². The maximum Gasteiger partial charge on any atom is 0.209 e.